The molecular weight excluding hydrogens is 358 g/mol. The third-order valence-electron chi connectivity index (χ3n) is 3.65. The summed E-state index contributed by atoms with van der Waals surface area (Å²) in [5.74, 6) is 0.741. The van der Waals surface area contributed by atoms with Crippen LogP contribution in [0.4, 0.5) is 0 Å². The smallest absolute Gasteiger partial charge is 0.320 e. The van der Waals surface area contributed by atoms with Crippen molar-refractivity contribution < 1.29 is 14.6 Å². The highest BCUT2D eigenvalue weighted by atomic mass is 35.5. The maximum atomic E-state index is 11.3. The van der Waals surface area contributed by atoms with E-state index in [1.54, 1.807) is 11.8 Å². The third-order valence-corrected chi connectivity index (χ3v) is 4.53. The van der Waals surface area contributed by atoms with E-state index in [9.17, 15) is 9.90 Å². The highest BCUT2D eigenvalue weighted by molar-refractivity contribution is 7.98. The standard InChI is InChI=1S/C19H22ClNO3S/c1-25-9-8-18(19(22)23)21-12-14-4-3-7-17(11-14)24-13-15-5-2-6-16(20)10-15/h2-7,10-11,18,21H,8-9,12-13H2,1H3,(H,22,23). The van der Waals surface area contributed by atoms with E-state index < -0.39 is 12.0 Å². The zero-order chi connectivity index (χ0) is 18.1. The number of benzene rings is 2. The second-order valence-electron chi connectivity index (χ2n) is 5.62. The second-order valence-corrected chi connectivity index (χ2v) is 7.04. The Morgan fingerprint density at radius 1 is 1.24 bits per heavy atom. The van der Waals surface area contributed by atoms with Crippen LogP contribution in [0.5, 0.6) is 5.75 Å². The highest BCUT2D eigenvalue weighted by Gasteiger charge is 2.15. The fourth-order valence-corrected chi connectivity index (χ4v) is 3.01. The van der Waals surface area contributed by atoms with Gasteiger partial charge in [-0.15, -0.1) is 0 Å². The topological polar surface area (TPSA) is 58.6 Å². The SMILES string of the molecule is CSCCC(NCc1cccc(OCc2cccc(Cl)c2)c1)C(=O)O. The van der Waals surface area contributed by atoms with E-state index in [0.717, 1.165) is 22.6 Å². The fraction of sp³-hybridized carbons (Fsp3) is 0.316. The number of nitrogens with one attached hydrogen (secondary N) is 1. The van der Waals surface area contributed by atoms with Gasteiger partial charge in [-0.3, -0.25) is 4.79 Å². The molecule has 0 saturated heterocycles. The summed E-state index contributed by atoms with van der Waals surface area (Å²) in [4.78, 5) is 11.3. The van der Waals surface area contributed by atoms with Crippen molar-refractivity contribution in [1.82, 2.24) is 5.32 Å². The number of thioether (sulfide) groups is 1. The fourth-order valence-electron chi connectivity index (χ4n) is 2.33. The highest BCUT2D eigenvalue weighted by Crippen LogP contribution is 2.17. The lowest BCUT2D eigenvalue weighted by atomic mass is 10.1. The molecule has 2 aromatic rings. The molecule has 0 heterocycles. The molecule has 134 valence electrons. The number of carboxylic acid groups (broad SMARTS) is 1. The number of carbonyl (C=O) groups is 1. The van der Waals surface area contributed by atoms with Gasteiger partial charge in [0, 0.05) is 11.6 Å². The van der Waals surface area contributed by atoms with E-state index in [-0.39, 0.29) is 0 Å². The van der Waals surface area contributed by atoms with Crippen molar-refractivity contribution >= 4 is 29.3 Å². The molecule has 0 fully saturated rings. The Labute approximate surface area is 157 Å². The maximum absolute atomic E-state index is 11.3. The maximum Gasteiger partial charge on any atom is 0.320 e. The number of aliphatic carboxylic acids is 1. The van der Waals surface area contributed by atoms with Gasteiger partial charge in [-0.1, -0.05) is 35.9 Å². The first kappa shape index (κ1) is 19.6. The van der Waals surface area contributed by atoms with Gasteiger partial charge >= 0.3 is 5.97 Å². The largest absolute Gasteiger partial charge is 0.489 e. The van der Waals surface area contributed by atoms with Gasteiger partial charge in [0.1, 0.15) is 18.4 Å². The summed E-state index contributed by atoms with van der Waals surface area (Å²) in [7, 11) is 0. The molecule has 25 heavy (non-hydrogen) atoms. The molecule has 0 amide bonds. The van der Waals surface area contributed by atoms with Gasteiger partial charge < -0.3 is 15.2 Å². The van der Waals surface area contributed by atoms with Crippen molar-refractivity contribution in [1.29, 1.82) is 0 Å². The van der Waals surface area contributed by atoms with Crippen LogP contribution in [0.25, 0.3) is 0 Å². The number of halogens is 1. The molecule has 0 spiro atoms. The zero-order valence-electron chi connectivity index (χ0n) is 14.1. The summed E-state index contributed by atoms with van der Waals surface area (Å²) >= 11 is 7.62. The Bertz CT molecular complexity index is 696. The molecule has 0 aromatic heterocycles. The van der Waals surface area contributed by atoms with E-state index in [0.29, 0.717) is 24.6 Å². The van der Waals surface area contributed by atoms with Crippen molar-refractivity contribution in [3.63, 3.8) is 0 Å². The van der Waals surface area contributed by atoms with Crippen LogP contribution in [0, 0.1) is 0 Å². The van der Waals surface area contributed by atoms with Crippen LogP contribution in [0.3, 0.4) is 0 Å². The Balaban J connectivity index is 1.90. The van der Waals surface area contributed by atoms with Crippen LogP contribution in [0.15, 0.2) is 48.5 Å². The van der Waals surface area contributed by atoms with E-state index in [4.69, 9.17) is 16.3 Å². The predicted octanol–water partition coefficient (Wildman–Crippen LogP) is 4.21. The summed E-state index contributed by atoms with van der Waals surface area (Å²) in [6, 6.07) is 14.7. The Hall–Kier alpha value is -1.69. The first-order valence-electron chi connectivity index (χ1n) is 8.00. The minimum absolute atomic E-state index is 0.433. The monoisotopic (exact) mass is 379 g/mol. The molecule has 0 bridgehead atoms. The van der Waals surface area contributed by atoms with Gasteiger partial charge in [0.25, 0.3) is 0 Å². The molecule has 0 radical (unpaired) electrons. The lowest BCUT2D eigenvalue weighted by molar-refractivity contribution is -0.139. The number of rotatable bonds is 10. The van der Waals surface area contributed by atoms with Crippen LogP contribution < -0.4 is 10.1 Å². The molecule has 0 saturated carbocycles. The van der Waals surface area contributed by atoms with Gasteiger partial charge in [-0.05, 0) is 53.8 Å². The minimum Gasteiger partial charge on any atom is -0.489 e. The van der Waals surface area contributed by atoms with E-state index in [1.165, 1.54) is 0 Å². The van der Waals surface area contributed by atoms with Crippen molar-refractivity contribution in [2.45, 2.75) is 25.6 Å². The molecule has 0 aliphatic carbocycles. The molecule has 0 aliphatic rings. The lowest BCUT2D eigenvalue weighted by Gasteiger charge is -2.14. The Morgan fingerprint density at radius 3 is 2.72 bits per heavy atom. The van der Waals surface area contributed by atoms with Gasteiger partial charge in [0.2, 0.25) is 0 Å². The molecule has 0 aliphatic heterocycles. The summed E-state index contributed by atoms with van der Waals surface area (Å²) in [5, 5.41) is 13.0. The first-order valence-corrected chi connectivity index (χ1v) is 9.77. The number of hydrogen-bond acceptors (Lipinski definition) is 4. The molecule has 1 atom stereocenters. The molecule has 4 nitrogen and oxygen atoms in total. The lowest BCUT2D eigenvalue weighted by Crippen LogP contribution is -2.36. The van der Waals surface area contributed by atoms with E-state index in [1.807, 2.05) is 54.8 Å². The van der Waals surface area contributed by atoms with Crippen LogP contribution >= 0.6 is 23.4 Å². The van der Waals surface area contributed by atoms with Crippen LogP contribution in [-0.4, -0.2) is 29.1 Å². The second kappa shape index (κ2) is 10.3. The molecule has 6 heteroatoms. The van der Waals surface area contributed by atoms with E-state index in [2.05, 4.69) is 5.32 Å². The van der Waals surface area contributed by atoms with Crippen LogP contribution in [0.2, 0.25) is 5.02 Å². The molecular formula is C19H22ClNO3S. The minimum atomic E-state index is -0.817. The molecule has 2 rings (SSSR count). The van der Waals surface area contributed by atoms with Crippen LogP contribution in [0.1, 0.15) is 17.5 Å². The summed E-state index contributed by atoms with van der Waals surface area (Å²) in [6.07, 6.45) is 2.57. The van der Waals surface area contributed by atoms with Gasteiger partial charge in [0.05, 0.1) is 0 Å². The normalized spacial score (nSPS) is 11.9. The molecule has 2 aromatic carbocycles. The molecule has 2 N–H and O–H groups in total. The summed E-state index contributed by atoms with van der Waals surface area (Å²) < 4.78 is 5.80. The molecule has 1 unspecified atom stereocenters. The average Bonchev–Trinajstić information content (AvgIpc) is 2.60. The Morgan fingerprint density at radius 2 is 2.00 bits per heavy atom. The Kier molecular flexibility index (Phi) is 8.12. The zero-order valence-corrected chi connectivity index (χ0v) is 15.6. The van der Waals surface area contributed by atoms with E-state index >= 15 is 0 Å². The average molecular weight is 380 g/mol. The van der Waals surface area contributed by atoms with Gasteiger partial charge in [-0.25, -0.2) is 0 Å². The number of ether oxygens (including phenoxy) is 1. The van der Waals surface area contributed by atoms with Gasteiger partial charge in [-0.2, -0.15) is 11.8 Å². The van der Waals surface area contributed by atoms with Crippen molar-refractivity contribution in [2.75, 3.05) is 12.0 Å². The first-order chi connectivity index (χ1) is 12.1. The van der Waals surface area contributed by atoms with Crippen molar-refractivity contribution in [3.8, 4) is 5.75 Å². The van der Waals surface area contributed by atoms with Crippen molar-refractivity contribution in [2.24, 2.45) is 0 Å². The van der Waals surface area contributed by atoms with Crippen molar-refractivity contribution in [3.05, 3.63) is 64.7 Å². The van der Waals surface area contributed by atoms with Crippen LogP contribution in [-0.2, 0) is 17.9 Å². The summed E-state index contributed by atoms with van der Waals surface area (Å²) in [6.45, 7) is 0.919. The number of hydrogen-bond donors (Lipinski definition) is 2. The third kappa shape index (κ3) is 6.98. The number of carboxylic acids is 1. The predicted molar refractivity (Wildman–Crippen MR) is 103 cm³/mol. The summed E-state index contributed by atoms with van der Waals surface area (Å²) in [5.41, 5.74) is 1.98. The quantitative estimate of drug-likeness (QED) is 0.647. The van der Waals surface area contributed by atoms with Gasteiger partial charge in [0.15, 0.2) is 0 Å².